The fraction of sp³-hybridized carbons (Fsp3) is 0.550. The maximum absolute atomic E-state index is 13.1. The molecule has 1 aliphatic carbocycles. The topological polar surface area (TPSA) is 48.5 Å². The molecule has 0 spiro atoms. The van der Waals surface area contributed by atoms with Crippen LogP contribution >= 0.6 is 11.8 Å². The van der Waals surface area contributed by atoms with E-state index in [0.29, 0.717) is 17.3 Å². The van der Waals surface area contributed by atoms with Crippen molar-refractivity contribution in [3.05, 3.63) is 23.8 Å². The third kappa shape index (κ3) is 3.65. The van der Waals surface area contributed by atoms with Crippen LogP contribution in [0.25, 0.3) is 22.6 Å². The smallest absolute Gasteiger partial charge is 0.325 e. The van der Waals surface area contributed by atoms with Gasteiger partial charge in [-0.25, -0.2) is 15.0 Å². The summed E-state index contributed by atoms with van der Waals surface area (Å²) in [6.45, 7) is 2.08. The Labute approximate surface area is 171 Å². The maximum Gasteiger partial charge on any atom is 0.433 e. The number of pyridine rings is 1. The van der Waals surface area contributed by atoms with Crippen molar-refractivity contribution in [3.63, 3.8) is 0 Å². The Kier molecular flexibility index (Phi) is 5.35. The van der Waals surface area contributed by atoms with E-state index in [2.05, 4.69) is 21.5 Å². The van der Waals surface area contributed by atoms with Crippen molar-refractivity contribution in [1.82, 2.24) is 24.1 Å². The summed E-state index contributed by atoms with van der Waals surface area (Å²) in [6.07, 6.45) is 2.69. The van der Waals surface area contributed by atoms with Gasteiger partial charge in [-0.3, -0.25) is 0 Å². The van der Waals surface area contributed by atoms with Crippen LogP contribution in [-0.2, 0) is 20.3 Å². The summed E-state index contributed by atoms with van der Waals surface area (Å²) < 4.78 is 43.1. The standard InChI is InChI=1S/C20H24F3N5S/c1-4-29-19-16(26-17(28(19)3)12-8-6-5-7-9-12)18-25-13-10-15(20(21,22)23)24-11-14(13)27(18)2/h10-12H,4-9H2,1-3H3. The van der Waals surface area contributed by atoms with Gasteiger partial charge in [0.2, 0.25) is 0 Å². The van der Waals surface area contributed by atoms with E-state index in [1.54, 1.807) is 23.4 Å². The molecule has 0 N–H and O–H groups in total. The zero-order valence-electron chi connectivity index (χ0n) is 16.8. The predicted molar refractivity (Wildman–Crippen MR) is 108 cm³/mol. The molecule has 1 fully saturated rings. The number of rotatable bonds is 4. The first-order valence-electron chi connectivity index (χ1n) is 9.90. The van der Waals surface area contributed by atoms with Crippen molar-refractivity contribution >= 4 is 22.8 Å². The quantitative estimate of drug-likeness (QED) is 0.517. The first kappa shape index (κ1) is 20.3. The van der Waals surface area contributed by atoms with Crippen molar-refractivity contribution in [2.45, 2.75) is 56.1 Å². The first-order chi connectivity index (χ1) is 13.8. The molecule has 156 valence electrons. The van der Waals surface area contributed by atoms with E-state index in [9.17, 15) is 13.2 Å². The number of halogens is 3. The zero-order valence-corrected chi connectivity index (χ0v) is 17.6. The first-order valence-corrected chi connectivity index (χ1v) is 10.9. The summed E-state index contributed by atoms with van der Waals surface area (Å²) >= 11 is 1.69. The normalized spacial score (nSPS) is 16.1. The summed E-state index contributed by atoms with van der Waals surface area (Å²) in [5, 5.41) is 1.01. The average Bonchev–Trinajstić information content (AvgIpc) is 3.19. The molecular formula is C20H24F3N5S. The zero-order chi connectivity index (χ0) is 20.8. The van der Waals surface area contributed by atoms with E-state index >= 15 is 0 Å². The SMILES string of the molecule is CCSc1c(-c2nc3cc(C(F)(F)F)ncc3n2C)nc(C2CCCCC2)n1C. The second kappa shape index (κ2) is 7.66. The van der Waals surface area contributed by atoms with Crippen molar-refractivity contribution in [1.29, 1.82) is 0 Å². The highest BCUT2D eigenvalue weighted by molar-refractivity contribution is 7.99. The fourth-order valence-electron chi connectivity index (χ4n) is 4.13. The summed E-state index contributed by atoms with van der Waals surface area (Å²) in [5.74, 6) is 2.93. The number of fused-ring (bicyclic) bond motifs is 1. The molecule has 0 atom stereocenters. The van der Waals surface area contributed by atoms with E-state index in [0.717, 1.165) is 41.2 Å². The number of hydrogen-bond acceptors (Lipinski definition) is 4. The third-order valence-electron chi connectivity index (χ3n) is 5.60. The van der Waals surface area contributed by atoms with E-state index in [1.807, 2.05) is 7.05 Å². The lowest BCUT2D eigenvalue weighted by molar-refractivity contribution is -0.141. The maximum atomic E-state index is 13.1. The predicted octanol–water partition coefficient (Wildman–Crippen LogP) is 5.55. The van der Waals surface area contributed by atoms with Crippen LogP contribution in [0.3, 0.4) is 0 Å². The van der Waals surface area contributed by atoms with Crippen LogP contribution in [0.4, 0.5) is 13.2 Å². The molecule has 0 radical (unpaired) electrons. The van der Waals surface area contributed by atoms with Gasteiger partial charge in [0.05, 0.1) is 17.2 Å². The third-order valence-corrected chi connectivity index (χ3v) is 6.63. The Bertz CT molecular complexity index is 1030. The fourth-order valence-corrected chi connectivity index (χ4v) is 4.96. The molecule has 0 aliphatic heterocycles. The number of aromatic nitrogens is 5. The van der Waals surface area contributed by atoms with Gasteiger partial charge < -0.3 is 9.13 Å². The van der Waals surface area contributed by atoms with E-state index in [1.165, 1.54) is 25.5 Å². The number of alkyl halides is 3. The lowest BCUT2D eigenvalue weighted by Crippen LogP contribution is -2.10. The van der Waals surface area contributed by atoms with Crippen molar-refractivity contribution in [2.75, 3.05) is 5.75 Å². The Morgan fingerprint density at radius 3 is 2.48 bits per heavy atom. The lowest BCUT2D eigenvalue weighted by atomic mass is 9.89. The summed E-state index contributed by atoms with van der Waals surface area (Å²) in [4.78, 5) is 13.1. The Balaban J connectivity index is 1.84. The lowest BCUT2D eigenvalue weighted by Gasteiger charge is -2.21. The van der Waals surface area contributed by atoms with Crippen LogP contribution in [0, 0.1) is 0 Å². The van der Waals surface area contributed by atoms with E-state index in [4.69, 9.17) is 4.98 Å². The highest BCUT2D eigenvalue weighted by atomic mass is 32.2. The Morgan fingerprint density at radius 2 is 1.83 bits per heavy atom. The van der Waals surface area contributed by atoms with Gasteiger partial charge in [-0.1, -0.05) is 26.2 Å². The molecule has 3 aromatic rings. The van der Waals surface area contributed by atoms with Crippen LogP contribution in [0.2, 0.25) is 0 Å². The van der Waals surface area contributed by atoms with Gasteiger partial charge in [0, 0.05) is 20.0 Å². The molecular weight excluding hydrogens is 399 g/mol. The second-order valence-corrected chi connectivity index (χ2v) is 8.75. The van der Waals surface area contributed by atoms with E-state index < -0.39 is 11.9 Å². The van der Waals surface area contributed by atoms with Gasteiger partial charge in [0.15, 0.2) is 5.82 Å². The van der Waals surface area contributed by atoms with Crippen LogP contribution < -0.4 is 0 Å². The molecule has 29 heavy (non-hydrogen) atoms. The van der Waals surface area contributed by atoms with Gasteiger partial charge in [0.25, 0.3) is 0 Å². The molecule has 0 aromatic carbocycles. The van der Waals surface area contributed by atoms with Crippen LogP contribution in [0.15, 0.2) is 17.3 Å². The highest BCUT2D eigenvalue weighted by Gasteiger charge is 2.33. The summed E-state index contributed by atoms with van der Waals surface area (Å²) in [7, 11) is 3.83. The van der Waals surface area contributed by atoms with Gasteiger partial charge in [-0.2, -0.15) is 13.2 Å². The number of nitrogens with zero attached hydrogens (tertiary/aromatic N) is 5. The minimum atomic E-state index is -4.49. The Morgan fingerprint density at radius 1 is 1.10 bits per heavy atom. The molecule has 1 saturated carbocycles. The molecule has 0 saturated heterocycles. The van der Waals surface area contributed by atoms with Crippen LogP contribution in [0.5, 0.6) is 0 Å². The van der Waals surface area contributed by atoms with E-state index in [-0.39, 0.29) is 5.52 Å². The summed E-state index contributed by atoms with van der Waals surface area (Å²) in [5.41, 5.74) is 0.654. The number of imidazole rings is 2. The number of hydrogen-bond donors (Lipinski definition) is 0. The monoisotopic (exact) mass is 423 g/mol. The van der Waals surface area contributed by atoms with Gasteiger partial charge in [0.1, 0.15) is 22.2 Å². The number of thioether (sulfide) groups is 1. The second-order valence-electron chi connectivity index (χ2n) is 7.50. The van der Waals surface area contributed by atoms with Crippen LogP contribution in [-0.4, -0.2) is 29.8 Å². The molecule has 1 aliphatic rings. The molecule has 0 bridgehead atoms. The van der Waals surface area contributed by atoms with Crippen molar-refractivity contribution < 1.29 is 13.2 Å². The van der Waals surface area contributed by atoms with Gasteiger partial charge >= 0.3 is 6.18 Å². The summed E-state index contributed by atoms with van der Waals surface area (Å²) in [6, 6.07) is 1.01. The Hall–Kier alpha value is -2.03. The molecule has 5 nitrogen and oxygen atoms in total. The molecule has 9 heteroatoms. The van der Waals surface area contributed by atoms with Crippen molar-refractivity contribution in [2.24, 2.45) is 14.1 Å². The number of aryl methyl sites for hydroxylation is 1. The minimum absolute atomic E-state index is 0.280. The molecule has 3 aromatic heterocycles. The van der Waals surface area contributed by atoms with Crippen LogP contribution in [0.1, 0.15) is 56.5 Å². The van der Waals surface area contributed by atoms with Crippen molar-refractivity contribution in [3.8, 4) is 11.5 Å². The largest absolute Gasteiger partial charge is 0.433 e. The molecule has 4 rings (SSSR count). The van der Waals surface area contributed by atoms with Gasteiger partial charge in [-0.15, -0.1) is 11.8 Å². The molecule has 0 unspecified atom stereocenters. The molecule has 0 amide bonds. The minimum Gasteiger partial charge on any atom is -0.325 e. The molecule has 3 heterocycles. The average molecular weight is 424 g/mol. The van der Waals surface area contributed by atoms with Gasteiger partial charge in [-0.05, 0) is 24.7 Å². The highest BCUT2D eigenvalue weighted by Crippen LogP contribution is 2.39.